The highest BCUT2D eigenvalue weighted by Gasteiger charge is 2.60. The molecule has 2 aliphatic rings. The van der Waals surface area contributed by atoms with Crippen LogP contribution in [0.2, 0.25) is 5.82 Å². The Bertz CT molecular complexity index is 555. The molecular weight excluding hydrogens is 275 g/mol. The molecule has 1 saturated heterocycles. The van der Waals surface area contributed by atoms with Crippen LogP contribution >= 0.6 is 0 Å². The fraction of sp³-hybridized carbons (Fsp3) is 0.611. The Balaban J connectivity index is 1.90. The van der Waals surface area contributed by atoms with Crippen molar-refractivity contribution in [1.29, 1.82) is 0 Å². The molecule has 0 amide bonds. The number of Topliss-reactive ketones (excluding diaryl/α,β-unsaturated/α-hetero) is 1. The van der Waals surface area contributed by atoms with Gasteiger partial charge >= 0.3 is 7.12 Å². The van der Waals surface area contributed by atoms with E-state index in [0.717, 1.165) is 0 Å². The van der Waals surface area contributed by atoms with Crippen molar-refractivity contribution < 1.29 is 14.1 Å². The molecular formula is C18H25BO3. The molecule has 0 radical (unpaired) electrons. The summed E-state index contributed by atoms with van der Waals surface area (Å²) in [6.07, 6.45) is 1.17. The van der Waals surface area contributed by atoms with Crippen LogP contribution in [0.4, 0.5) is 0 Å². The van der Waals surface area contributed by atoms with E-state index in [1.54, 1.807) is 0 Å². The molecule has 3 nitrogen and oxygen atoms in total. The van der Waals surface area contributed by atoms with Crippen molar-refractivity contribution in [3.05, 3.63) is 35.9 Å². The van der Waals surface area contributed by atoms with Gasteiger partial charge in [0.2, 0.25) is 0 Å². The Kier molecular flexibility index (Phi) is 3.54. The van der Waals surface area contributed by atoms with Crippen LogP contribution in [-0.2, 0) is 19.5 Å². The molecule has 1 atom stereocenters. The maximum Gasteiger partial charge on any atom is 0.461 e. The normalized spacial score (nSPS) is 26.6. The number of ketones is 1. The van der Waals surface area contributed by atoms with E-state index in [1.807, 2.05) is 18.2 Å². The minimum atomic E-state index is -0.336. The van der Waals surface area contributed by atoms with Crippen molar-refractivity contribution in [2.45, 2.75) is 69.9 Å². The Morgan fingerprint density at radius 2 is 1.50 bits per heavy atom. The van der Waals surface area contributed by atoms with Gasteiger partial charge in [0.15, 0.2) is 0 Å². The summed E-state index contributed by atoms with van der Waals surface area (Å²) in [5, 5.41) is 0. The van der Waals surface area contributed by atoms with Gasteiger partial charge in [-0.15, -0.1) is 0 Å². The number of carbonyl (C=O) groups excluding carboxylic acids is 1. The first kappa shape index (κ1) is 15.8. The molecule has 118 valence electrons. The van der Waals surface area contributed by atoms with Crippen LogP contribution in [0.3, 0.4) is 0 Å². The van der Waals surface area contributed by atoms with E-state index in [4.69, 9.17) is 9.31 Å². The van der Waals surface area contributed by atoms with E-state index >= 15 is 0 Å². The van der Waals surface area contributed by atoms with Crippen molar-refractivity contribution in [3.8, 4) is 0 Å². The van der Waals surface area contributed by atoms with Crippen LogP contribution < -0.4 is 0 Å². The predicted octanol–water partition coefficient (Wildman–Crippen LogP) is 3.77. The standard InChI is InChI=1S/C18H25BO3/c1-13(19-21-16(2,3)17(4,5)22-19)18(11-15(20)12-18)14-9-7-6-8-10-14/h6-10,13H,11-12H2,1-5H3. The second-order valence-corrected chi connectivity index (χ2v) is 7.83. The first-order chi connectivity index (χ1) is 10.2. The van der Waals surface area contributed by atoms with Gasteiger partial charge in [-0.3, -0.25) is 4.79 Å². The van der Waals surface area contributed by atoms with Gasteiger partial charge in [0.1, 0.15) is 5.78 Å². The fourth-order valence-corrected chi connectivity index (χ4v) is 3.56. The summed E-state index contributed by atoms with van der Waals surface area (Å²) in [4.78, 5) is 11.8. The minimum Gasteiger partial charge on any atom is -0.403 e. The number of hydrogen-bond acceptors (Lipinski definition) is 3. The zero-order valence-electron chi connectivity index (χ0n) is 14.2. The maximum absolute atomic E-state index is 11.8. The lowest BCUT2D eigenvalue weighted by molar-refractivity contribution is -0.128. The third-order valence-corrected chi connectivity index (χ3v) is 5.93. The van der Waals surface area contributed by atoms with Gasteiger partial charge in [0, 0.05) is 24.1 Å². The summed E-state index contributed by atoms with van der Waals surface area (Å²) in [6, 6.07) is 10.3. The van der Waals surface area contributed by atoms with Gasteiger partial charge < -0.3 is 9.31 Å². The van der Waals surface area contributed by atoms with Crippen LogP contribution in [-0.4, -0.2) is 24.1 Å². The molecule has 1 unspecified atom stereocenters. The summed E-state index contributed by atoms with van der Waals surface area (Å²) < 4.78 is 12.5. The van der Waals surface area contributed by atoms with Gasteiger partial charge in [-0.05, 0) is 33.3 Å². The van der Waals surface area contributed by atoms with Gasteiger partial charge in [0.05, 0.1) is 11.2 Å². The fourth-order valence-electron chi connectivity index (χ4n) is 3.56. The maximum atomic E-state index is 11.8. The zero-order valence-corrected chi connectivity index (χ0v) is 14.2. The van der Waals surface area contributed by atoms with Crippen molar-refractivity contribution in [2.75, 3.05) is 0 Å². The molecule has 1 heterocycles. The summed E-state index contributed by atoms with van der Waals surface area (Å²) in [5.41, 5.74) is 0.394. The van der Waals surface area contributed by atoms with Gasteiger partial charge in [-0.1, -0.05) is 37.3 Å². The van der Waals surface area contributed by atoms with Crippen molar-refractivity contribution in [1.82, 2.24) is 0 Å². The second kappa shape index (κ2) is 4.94. The first-order valence-corrected chi connectivity index (χ1v) is 8.11. The third-order valence-electron chi connectivity index (χ3n) is 5.93. The highest BCUT2D eigenvalue weighted by Crippen LogP contribution is 2.54. The van der Waals surface area contributed by atoms with E-state index in [9.17, 15) is 4.79 Å². The Morgan fingerprint density at radius 3 is 1.95 bits per heavy atom. The molecule has 1 aliphatic carbocycles. The quantitative estimate of drug-likeness (QED) is 0.797. The van der Waals surface area contributed by atoms with E-state index in [1.165, 1.54) is 5.56 Å². The number of rotatable bonds is 3. The van der Waals surface area contributed by atoms with Crippen LogP contribution in [0, 0.1) is 0 Å². The molecule has 22 heavy (non-hydrogen) atoms. The van der Waals surface area contributed by atoms with Crippen molar-refractivity contribution >= 4 is 12.9 Å². The zero-order chi connectivity index (χ0) is 16.2. The third kappa shape index (κ3) is 2.24. The van der Waals surface area contributed by atoms with Gasteiger partial charge in [0.25, 0.3) is 0 Å². The lowest BCUT2D eigenvalue weighted by Crippen LogP contribution is -2.49. The monoisotopic (exact) mass is 300 g/mol. The average molecular weight is 300 g/mol. The molecule has 1 aromatic carbocycles. The van der Waals surface area contributed by atoms with E-state index in [0.29, 0.717) is 18.6 Å². The Hall–Kier alpha value is -1.13. The molecule has 0 spiro atoms. The largest absolute Gasteiger partial charge is 0.461 e. The first-order valence-electron chi connectivity index (χ1n) is 8.11. The minimum absolute atomic E-state index is 0.133. The van der Waals surface area contributed by atoms with E-state index < -0.39 is 0 Å². The summed E-state index contributed by atoms with van der Waals surface area (Å²) >= 11 is 0. The highest BCUT2D eigenvalue weighted by molar-refractivity contribution is 6.48. The lowest BCUT2D eigenvalue weighted by Gasteiger charge is -2.46. The number of hydrogen-bond donors (Lipinski definition) is 0. The lowest BCUT2D eigenvalue weighted by atomic mass is 9.47. The van der Waals surface area contributed by atoms with Crippen LogP contribution in [0.15, 0.2) is 30.3 Å². The molecule has 0 N–H and O–H groups in total. The van der Waals surface area contributed by atoms with Crippen molar-refractivity contribution in [2.24, 2.45) is 0 Å². The van der Waals surface area contributed by atoms with E-state index in [-0.39, 0.29) is 29.6 Å². The van der Waals surface area contributed by atoms with Crippen molar-refractivity contribution in [3.63, 3.8) is 0 Å². The smallest absolute Gasteiger partial charge is 0.403 e. The Labute approximate surface area is 133 Å². The Morgan fingerprint density at radius 1 is 1.00 bits per heavy atom. The summed E-state index contributed by atoms with van der Waals surface area (Å²) in [7, 11) is -0.279. The van der Waals surface area contributed by atoms with Gasteiger partial charge in [-0.2, -0.15) is 0 Å². The van der Waals surface area contributed by atoms with Crippen LogP contribution in [0.5, 0.6) is 0 Å². The highest BCUT2D eigenvalue weighted by atomic mass is 16.7. The molecule has 1 saturated carbocycles. The number of benzene rings is 1. The molecule has 0 aromatic heterocycles. The molecule has 1 aliphatic heterocycles. The average Bonchev–Trinajstić information content (AvgIpc) is 2.64. The topological polar surface area (TPSA) is 35.5 Å². The summed E-state index contributed by atoms with van der Waals surface area (Å²) in [5.74, 6) is 0.459. The van der Waals surface area contributed by atoms with E-state index in [2.05, 4.69) is 46.8 Å². The SMILES string of the molecule is CC(B1OC(C)(C)C(C)(C)O1)C1(c2ccccc2)CC(=O)C1. The van der Waals surface area contributed by atoms with Crippen LogP contribution in [0.25, 0.3) is 0 Å². The molecule has 3 rings (SSSR count). The molecule has 4 heteroatoms. The van der Waals surface area contributed by atoms with Gasteiger partial charge in [-0.25, -0.2) is 0 Å². The van der Waals surface area contributed by atoms with Crippen LogP contribution in [0.1, 0.15) is 53.0 Å². The molecule has 2 fully saturated rings. The predicted molar refractivity (Wildman–Crippen MR) is 87.9 cm³/mol. The molecule has 0 bridgehead atoms. The second-order valence-electron chi connectivity index (χ2n) is 7.83. The summed E-state index contributed by atoms with van der Waals surface area (Å²) in [6.45, 7) is 10.4. The number of carbonyl (C=O) groups is 1. The molecule has 1 aromatic rings.